The average Bonchev–Trinajstić information content (AvgIpc) is 2.95. The summed E-state index contributed by atoms with van der Waals surface area (Å²) in [7, 11) is 0. The van der Waals surface area contributed by atoms with Crippen molar-refractivity contribution in [1.29, 1.82) is 0 Å². The number of phenolic OH excluding ortho intramolecular Hbond substituents is 1. The Morgan fingerprint density at radius 3 is 2.62 bits per heavy atom. The minimum atomic E-state index is -0.463. The van der Waals surface area contributed by atoms with Gasteiger partial charge in [-0.15, -0.1) is 0 Å². The number of hydrazone groups is 1. The molecule has 1 atom stereocenters. The number of nitrogens with one attached hydrogen (secondary N) is 2. The van der Waals surface area contributed by atoms with E-state index in [0.29, 0.717) is 19.8 Å². The summed E-state index contributed by atoms with van der Waals surface area (Å²) in [4.78, 5) is 10.4. The maximum atomic E-state index is 14.6. The van der Waals surface area contributed by atoms with Crippen molar-refractivity contribution < 1.29 is 14.2 Å². The van der Waals surface area contributed by atoms with Crippen LogP contribution >= 0.6 is 0 Å². The zero-order valence-electron chi connectivity index (χ0n) is 22.8. The molecule has 206 valence electrons. The number of rotatable bonds is 8. The summed E-state index contributed by atoms with van der Waals surface area (Å²) in [5, 5.41) is 17.4. The zero-order valence-corrected chi connectivity index (χ0v) is 22.8. The second-order valence-electron chi connectivity index (χ2n) is 10.1. The van der Waals surface area contributed by atoms with Gasteiger partial charge in [0.2, 0.25) is 5.95 Å². The quantitative estimate of drug-likeness (QED) is 0.177. The molecule has 0 radical (unpaired) electrons. The van der Waals surface area contributed by atoms with E-state index >= 15 is 0 Å². The highest BCUT2D eigenvalue weighted by Gasteiger charge is 2.29. The van der Waals surface area contributed by atoms with Gasteiger partial charge in [0.1, 0.15) is 5.75 Å². The number of aromatic nitrogens is 2. The summed E-state index contributed by atoms with van der Waals surface area (Å²) in [6.07, 6.45) is 2.87. The summed E-state index contributed by atoms with van der Waals surface area (Å²) < 4.78 is 20.2. The first-order chi connectivity index (χ1) is 19.4. The van der Waals surface area contributed by atoms with E-state index in [-0.39, 0.29) is 29.5 Å². The number of halogens is 1. The second kappa shape index (κ2) is 12.1. The fourth-order valence-electron chi connectivity index (χ4n) is 4.71. The Balaban J connectivity index is 1.23. The van der Waals surface area contributed by atoms with E-state index in [9.17, 15) is 9.50 Å². The molecule has 0 saturated carbocycles. The molecular weight excluding hydrogens is 507 g/mol. The summed E-state index contributed by atoms with van der Waals surface area (Å²) in [6, 6.07) is 21.3. The van der Waals surface area contributed by atoms with Crippen LogP contribution in [0.25, 0.3) is 11.1 Å². The van der Waals surface area contributed by atoms with E-state index in [4.69, 9.17) is 4.74 Å². The SMILES string of the molecule is Cc1cc(Nc2ccc(-c3cccc(O)c3)cc2)ccc1/C=N/Nc1ncc(F)c(N2CCOCC2C(C)C)n1. The largest absolute Gasteiger partial charge is 0.508 e. The molecule has 2 heterocycles. The Morgan fingerprint density at radius 2 is 1.88 bits per heavy atom. The first kappa shape index (κ1) is 27.1. The highest BCUT2D eigenvalue weighted by Crippen LogP contribution is 2.27. The number of anilines is 4. The molecule has 40 heavy (non-hydrogen) atoms. The van der Waals surface area contributed by atoms with Crippen LogP contribution < -0.4 is 15.6 Å². The second-order valence-corrected chi connectivity index (χ2v) is 10.1. The minimum Gasteiger partial charge on any atom is -0.508 e. The maximum Gasteiger partial charge on any atom is 0.245 e. The highest BCUT2D eigenvalue weighted by atomic mass is 19.1. The van der Waals surface area contributed by atoms with Crippen molar-refractivity contribution in [1.82, 2.24) is 9.97 Å². The van der Waals surface area contributed by atoms with Crippen LogP contribution in [0.3, 0.4) is 0 Å². The number of benzene rings is 3. The third-order valence-electron chi connectivity index (χ3n) is 6.92. The number of aromatic hydroxyl groups is 1. The van der Waals surface area contributed by atoms with Gasteiger partial charge in [0.15, 0.2) is 11.6 Å². The standard InChI is InChI=1S/C31H33FN6O2/c1-20(2)29-19-40-14-13-38(29)30-28(32)18-33-31(36-30)37-34-17-24-9-12-26(15-21(24)3)35-25-10-7-22(8-11-25)23-5-4-6-27(39)16-23/h4-12,15-18,20,29,35,39H,13-14,19H2,1-3H3,(H,33,36,37)/b34-17+. The lowest BCUT2D eigenvalue weighted by atomic mass is 10.0. The third-order valence-corrected chi connectivity index (χ3v) is 6.92. The highest BCUT2D eigenvalue weighted by molar-refractivity contribution is 5.83. The molecule has 8 nitrogen and oxygen atoms in total. The van der Waals surface area contributed by atoms with Gasteiger partial charge in [0.25, 0.3) is 0 Å². The van der Waals surface area contributed by atoms with Crippen molar-refractivity contribution in [2.45, 2.75) is 26.8 Å². The summed E-state index contributed by atoms with van der Waals surface area (Å²) >= 11 is 0. The number of ether oxygens (including phenoxy) is 1. The fraction of sp³-hybridized carbons (Fsp3) is 0.258. The van der Waals surface area contributed by atoms with Crippen LogP contribution in [0.5, 0.6) is 5.75 Å². The van der Waals surface area contributed by atoms with Crippen molar-refractivity contribution in [3.8, 4) is 16.9 Å². The van der Waals surface area contributed by atoms with Gasteiger partial charge >= 0.3 is 0 Å². The van der Waals surface area contributed by atoms with Crippen LogP contribution in [0.2, 0.25) is 0 Å². The Morgan fingerprint density at radius 1 is 1.07 bits per heavy atom. The molecule has 5 rings (SSSR count). The Bertz CT molecular complexity index is 1490. The molecule has 3 aromatic carbocycles. The number of hydrogen-bond acceptors (Lipinski definition) is 8. The van der Waals surface area contributed by atoms with Gasteiger partial charge < -0.3 is 20.1 Å². The molecule has 1 fully saturated rings. The van der Waals surface area contributed by atoms with Crippen LogP contribution in [-0.2, 0) is 4.74 Å². The van der Waals surface area contributed by atoms with Crippen LogP contribution in [0.1, 0.15) is 25.0 Å². The van der Waals surface area contributed by atoms with E-state index in [1.54, 1.807) is 18.3 Å². The number of hydrogen-bond donors (Lipinski definition) is 3. The minimum absolute atomic E-state index is 0.0422. The van der Waals surface area contributed by atoms with E-state index in [0.717, 1.165) is 33.6 Å². The van der Waals surface area contributed by atoms with Crippen LogP contribution in [0, 0.1) is 18.7 Å². The van der Waals surface area contributed by atoms with Gasteiger partial charge in [-0.2, -0.15) is 10.1 Å². The van der Waals surface area contributed by atoms with Crippen LogP contribution in [0.4, 0.5) is 27.5 Å². The molecular formula is C31H33FN6O2. The molecule has 0 aliphatic carbocycles. The van der Waals surface area contributed by atoms with Gasteiger partial charge in [-0.05, 0) is 71.5 Å². The van der Waals surface area contributed by atoms with Gasteiger partial charge in [0, 0.05) is 17.9 Å². The Labute approximate surface area is 233 Å². The summed E-state index contributed by atoms with van der Waals surface area (Å²) in [6.45, 7) is 7.83. The molecule has 1 aromatic heterocycles. The normalized spacial score (nSPS) is 15.5. The lowest BCUT2D eigenvalue weighted by Crippen LogP contribution is -2.49. The summed E-state index contributed by atoms with van der Waals surface area (Å²) in [5.74, 6) is 0.559. The number of aryl methyl sites for hydroxylation is 1. The fourth-order valence-corrected chi connectivity index (χ4v) is 4.71. The molecule has 1 aliphatic rings. The van der Waals surface area contributed by atoms with Crippen LogP contribution in [-0.4, -0.2) is 47.1 Å². The number of morpholine rings is 1. The molecule has 0 amide bonds. The molecule has 0 spiro atoms. The van der Waals surface area contributed by atoms with E-state index in [2.05, 4.69) is 39.7 Å². The first-order valence-corrected chi connectivity index (χ1v) is 13.3. The predicted molar refractivity (Wildman–Crippen MR) is 158 cm³/mol. The monoisotopic (exact) mass is 540 g/mol. The average molecular weight is 541 g/mol. The van der Waals surface area contributed by atoms with Crippen molar-refractivity contribution in [3.05, 3.63) is 89.9 Å². The van der Waals surface area contributed by atoms with Crippen molar-refractivity contribution in [2.24, 2.45) is 11.0 Å². The van der Waals surface area contributed by atoms with Crippen molar-refractivity contribution in [2.75, 3.05) is 35.4 Å². The van der Waals surface area contributed by atoms with E-state index in [1.165, 1.54) is 6.20 Å². The van der Waals surface area contributed by atoms with Crippen molar-refractivity contribution >= 4 is 29.4 Å². The zero-order chi connectivity index (χ0) is 28.1. The smallest absolute Gasteiger partial charge is 0.245 e. The lowest BCUT2D eigenvalue weighted by molar-refractivity contribution is 0.0798. The molecule has 0 bridgehead atoms. The Hall–Kier alpha value is -4.50. The number of nitrogens with zero attached hydrogens (tertiary/aromatic N) is 4. The third kappa shape index (κ3) is 6.38. The molecule has 9 heteroatoms. The van der Waals surface area contributed by atoms with Crippen molar-refractivity contribution in [3.63, 3.8) is 0 Å². The van der Waals surface area contributed by atoms with Gasteiger partial charge in [-0.1, -0.05) is 44.2 Å². The molecule has 1 aliphatic heterocycles. The van der Waals surface area contributed by atoms with Gasteiger partial charge in [-0.25, -0.2) is 14.8 Å². The van der Waals surface area contributed by atoms with Crippen LogP contribution in [0.15, 0.2) is 78.0 Å². The topological polar surface area (TPSA) is 94.9 Å². The summed E-state index contributed by atoms with van der Waals surface area (Å²) in [5.41, 5.74) is 8.68. The van der Waals surface area contributed by atoms with E-state index < -0.39 is 5.82 Å². The maximum absolute atomic E-state index is 14.6. The van der Waals surface area contributed by atoms with Gasteiger partial charge in [0.05, 0.1) is 31.7 Å². The number of phenols is 1. The molecule has 1 saturated heterocycles. The molecule has 4 aromatic rings. The Kier molecular flexibility index (Phi) is 8.21. The molecule has 3 N–H and O–H groups in total. The molecule has 1 unspecified atom stereocenters. The lowest BCUT2D eigenvalue weighted by Gasteiger charge is -2.38. The van der Waals surface area contributed by atoms with E-state index in [1.807, 2.05) is 66.4 Å². The predicted octanol–water partition coefficient (Wildman–Crippen LogP) is 6.35. The first-order valence-electron chi connectivity index (χ1n) is 13.3. The van der Waals surface area contributed by atoms with Gasteiger partial charge in [-0.3, -0.25) is 0 Å².